The molecule has 0 radical (unpaired) electrons. The number of benzene rings is 3. The molecule has 0 saturated carbocycles. The van der Waals surface area contributed by atoms with Gasteiger partial charge in [-0.2, -0.15) is 0 Å². The normalized spacial score (nSPS) is 14.2. The number of nitrogens with zero attached hydrogens (tertiary/aromatic N) is 2. The van der Waals surface area contributed by atoms with Crippen LogP contribution in [0.4, 0.5) is 0 Å². The molecule has 0 aliphatic carbocycles. The highest BCUT2D eigenvalue weighted by molar-refractivity contribution is 7.07. The van der Waals surface area contributed by atoms with Crippen molar-refractivity contribution in [2.45, 2.75) is 33.4 Å². The van der Waals surface area contributed by atoms with Gasteiger partial charge < -0.3 is 23.7 Å². The zero-order valence-corrected chi connectivity index (χ0v) is 28.0. The molecule has 1 aliphatic rings. The average molecular weight is 684 g/mol. The van der Waals surface area contributed by atoms with Crippen molar-refractivity contribution in [1.29, 1.82) is 0 Å². The van der Waals surface area contributed by atoms with Gasteiger partial charge in [0.05, 0.1) is 48.1 Å². The van der Waals surface area contributed by atoms with Crippen molar-refractivity contribution in [3.05, 3.63) is 113 Å². The summed E-state index contributed by atoms with van der Waals surface area (Å²) < 4.78 is 30.4. The molecular formula is C34H32Cl2N2O7S. The molecule has 0 bridgehead atoms. The third kappa shape index (κ3) is 7.09. The van der Waals surface area contributed by atoms with Gasteiger partial charge in [0.1, 0.15) is 6.61 Å². The van der Waals surface area contributed by atoms with E-state index in [1.165, 1.54) is 29.2 Å². The number of carbonyl (C=O) groups is 1. The van der Waals surface area contributed by atoms with Crippen LogP contribution in [-0.4, -0.2) is 37.5 Å². The Hall–Kier alpha value is -4.25. The fraction of sp³-hybridized carbons (Fsp3) is 0.265. The van der Waals surface area contributed by atoms with Crippen LogP contribution >= 0.6 is 34.5 Å². The van der Waals surface area contributed by atoms with Crippen molar-refractivity contribution >= 4 is 46.6 Å². The van der Waals surface area contributed by atoms with Gasteiger partial charge in [-0.25, -0.2) is 9.79 Å². The van der Waals surface area contributed by atoms with Crippen LogP contribution in [0.15, 0.2) is 76.2 Å². The summed E-state index contributed by atoms with van der Waals surface area (Å²) in [6.45, 7) is 7.07. The van der Waals surface area contributed by atoms with E-state index in [0.29, 0.717) is 73.3 Å². The average Bonchev–Trinajstić information content (AvgIpc) is 3.35. The Labute approximate surface area is 279 Å². The van der Waals surface area contributed by atoms with Crippen molar-refractivity contribution in [2.75, 3.05) is 26.9 Å². The van der Waals surface area contributed by atoms with Gasteiger partial charge in [-0.15, -0.1) is 0 Å². The molecule has 46 heavy (non-hydrogen) atoms. The minimum absolute atomic E-state index is 0.205. The van der Waals surface area contributed by atoms with Crippen LogP contribution in [0.3, 0.4) is 0 Å². The number of esters is 1. The van der Waals surface area contributed by atoms with E-state index < -0.39 is 12.0 Å². The number of hydrogen-bond acceptors (Lipinski definition) is 9. The second kappa shape index (κ2) is 14.9. The summed E-state index contributed by atoms with van der Waals surface area (Å²) in [5, 5.41) is 0.919. The highest BCUT2D eigenvalue weighted by Crippen LogP contribution is 2.38. The Kier molecular flexibility index (Phi) is 10.7. The Morgan fingerprint density at radius 3 is 2.39 bits per heavy atom. The van der Waals surface area contributed by atoms with Crippen molar-refractivity contribution in [1.82, 2.24) is 4.57 Å². The summed E-state index contributed by atoms with van der Waals surface area (Å²) >= 11 is 14.0. The minimum atomic E-state index is -0.814. The van der Waals surface area contributed by atoms with E-state index >= 15 is 0 Å². The van der Waals surface area contributed by atoms with Gasteiger partial charge >= 0.3 is 5.97 Å². The molecule has 0 amide bonds. The molecule has 0 fully saturated rings. The van der Waals surface area contributed by atoms with Gasteiger partial charge in [0.15, 0.2) is 27.8 Å². The van der Waals surface area contributed by atoms with Gasteiger partial charge in [-0.3, -0.25) is 9.36 Å². The number of hydrogen-bond donors (Lipinski definition) is 0. The first-order chi connectivity index (χ1) is 22.3. The second-order valence-corrected chi connectivity index (χ2v) is 11.8. The molecule has 0 saturated heterocycles. The molecule has 4 aromatic rings. The number of rotatable bonds is 12. The number of ether oxygens (including phenoxy) is 5. The van der Waals surface area contributed by atoms with Gasteiger partial charge in [-0.05, 0) is 79.9 Å². The Morgan fingerprint density at radius 1 is 0.935 bits per heavy atom. The highest BCUT2D eigenvalue weighted by atomic mass is 35.5. The highest BCUT2D eigenvalue weighted by Gasteiger charge is 2.31. The standard InChI is InChI=1S/C34H32Cl2N2O7S/c1-5-42-26-12-11-22(17-27(26)43-6-2)30-24(33(40)41-4)18-37-34-38(30)32(39)29(46-34)16-21-14-25(36)31(28(15-21)44-7-3)45-19-20-9-8-10-23(35)13-20/h8-18,30H,5-7,19H2,1-4H3/b29-16+/t30-/m1/s1. The maximum Gasteiger partial charge on any atom is 0.337 e. The van der Waals surface area contributed by atoms with Crippen LogP contribution in [0.25, 0.3) is 6.08 Å². The van der Waals surface area contributed by atoms with E-state index in [9.17, 15) is 9.59 Å². The maximum absolute atomic E-state index is 14.0. The fourth-order valence-electron chi connectivity index (χ4n) is 5.00. The van der Waals surface area contributed by atoms with Crippen LogP contribution in [0.5, 0.6) is 23.0 Å². The fourth-order valence-corrected chi connectivity index (χ4v) is 6.45. The van der Waals surface area contributed by atoms with E-state index in [1.54, 1.807) is 42.5 Å². The smallest absolute Gasteiger partial charge is 0.337 e. The molecule has 0 unspecified atom stereocenters. The van der Waals surface area contributed by atoms with Crippen molar-refractivity contribution < 1.29 is 28.5 Å². The lowest BCUT2D eigenvalue weighted by atomic mass is 9.97. The quantitative estimate of drug-likeness (QED) is 0.167. The molecule has 1 aromatic heterocycles. The molecule has 3 aromatic carbocycles. The van der Waals surface area contributed by atoms with Crippen LogP contribution in [-0.2, 0) is 16.1 Å². The summed E-state index contributed by atoms with van der Waals surface area (Å²) in [6, 6.07) is 15.3. The first-order valence-corrected chi connectivity index (χ1v) is 16.2. The summed E-state index contributed by atoms with van der Waals surface area (Å²) in [7, 11) is 1.29. The first-order valence-electron chi connectivity index (χ1n) is 14.6. The van der Waals surface area contributed by atoms with Crippen LogP contribution < -0.4 is 33.8 Å². The number of fused-ring (bicyclic) bond motifs is 1. The summed E-state index contributed by atoms with van der Waals surface area (Å²) in [4.78, 5) is 31.8. The predicted octanol–water partition coefficient (Wildman–Crippen LogP) is 6.10. The number of carbonyl (C=O) groups excluding carboxylic acids is 1. The second-order valence-electron chi connectivity index (χ2n) is 9.93. The summed E-state index contributed by atoms with van der Waals surface area (Å²) in [5.74, 6) is 1.27. The van der Waals surface area contributed by atoms with Crippen molar-refractivity contribution in [3.8, 4) is 23.0 Å². The minimum Gasteiger partial charge on any atom is -0.490 e. The molecule has 12 heteroatoms. The number of thiazole rings is 1. The van der Waals surface area contributed by atoms with E-state index in [2.05, 4.69) is 4.99 Å². The lowest BCUT2D eigenvalue weighted by Crippen LogP contribution is -2.39. The molecule has 240 valence electrons. The van der Waals surface area contributed by atoms with E-state index in [-0.39, 0.29) is 17.7 Å². The van der Waals surface area contributed by atoms with Gasteiger partial charge in [-0.1, -0.05) is 52.7 Å². The third-order valence-electron chi connectivity index (χ3n) is 6.91. The molecule has 0 spiro atoms. The van der Waals surface area contributed by atoms with Crippen molar-refractivity contribution in [3.63, 3.8) is 0 Å². The van der Waals surface area contributed by atoms with Gasteiger partial charge in [0, 0.05) is 11.2 Å². The molecule has 1 aliphatic heterocycles. The monoisotopic (exact) mass is 682 g/mol. The molecule has 9 nitrogen and oxygen atoms in total. The van der Waals surface area contributed by atoms with Crippen LogP contribution in [0.2, 0.25) is 10.0 Å². The number of halogens is 2. The molecule has 1 atom stereocenters. The Morgan fingerprint density at radius 2 is 1.67 bits per heavy atom. The number of aromatic nitrogens is 1. The number of methoxy groups -OCH3 is 1. The van der Waals surface area contributed by atoms with Crippen molar-refractivity contribution in [2.24, 2.45) is 4.99 Å². The largest absolute Gasteiger partial charge is 0.490 e. The maximum atomic E-state index is 14.0. The molecule has 2 heterocycles. The third-order valence-corrected chi connectivity index (χ3v) is 8.42. The molecule has 5 rings (SSSR count). The lowest BCUT2D eigenvalue weighted by molar-refractivity contribution is -0.136. The molecular weight excluding hydrogens is 651 g/mol. The zero-order chi connectivity index (χ0) is 32.8. The predicted molar refractivity (Wildman–Crippen MR) is 178 cm³/mol. The van der Waals surface area contributed by atoms with E-state index in [1.807, 2.05) is 39.0 Å². The summed E-state index contributed by atoms with van der Waals surface area (Å²) in [5.41, 5.74) is 1.99. The van der Waals surface area contributed by atoms with Crippen LogP contribution in [0.1, 0.15) is 43.5 Å². The Bertz CT molecular complexity index is 1970. The molecule has 0 N–H and O–H groups in total. The first kappa shape index (κ1) is 33.1. The lowest BCUT2D eigenvalue weighted by Gasteiger charge is -2.23. The Balaban J connectivity index is 1.57. The zero-order valence-electron chi connectivity index (χ0n) is 25.7. The topological polar surface area (TPSA) is 97.6 Å². The van der Waals surface area contributed by atoms with E-state index in [0.717, 1.165) is 5.56 Å². The SMILES string of the molecule is CCOc1ccc([C@@H]2C(C(=O)OC)=CN=c3s/c(=C/c4cc(Cl)c(OCc5cccc(Cl)c5)c(OCC)c4)c(=O)n32)cc1OCC. The van der Waals surface area contributed by atoms with Gasteiger partial charge in [0.25, 0.3) is 5.56 Å². The van der Waals surface area contributed by atoms with E-state index in [4.69, 9.17) is 46.9 Å². The van der Waals surface area contributed by atoms with Gasteiger partial charge in [0.2, 0.25) is 0 Å². The summed E-state index contributed by atoms with van der Waals surface area (Å²) in [6.07, 6.45) is 3.15. The van der Waals surface area contributed by atoms with Crippen LogP contribution in [0, 0.1) is 0 Å².